The van der Waals surface area contributed by atoms with Crippen LogP contribution in [0, 0.1) is 0 Å². The molecule has 0 aromatic heterocycles. The van der Waals surface area contributed by atoms with Gasteiger partial charge in [-0.2, -0.15) is 0 Å². The quantitative estimate of drug-likeness (QED) is 0.0169. The molecule has 0 aliphatic rings. The van der Waals surface area contributed by atoms with E-state index in [9.17, 15) is 43.2 Å². The first-order chi connectivity index (χ1) is 48.7. The van der Waals surface area contributed by atoms with Crippen LogP contribution in [0.1, 0.15) is 413 Å². The van der Waals surface area contributed by atoms with Crippen molar-refractivity contribution in [2.24, 2.45) is 0 Å². The van der Waals surface area contributed by atoms with E-state index in [4.69, 9.17) is 37.0 Å². The van der Waals surface area contributed by atoms with Gasteiger partial charge in [0.1, 0.15) is 19.3 Å². The molecular weight excluding hydrogens is 1310 g/mol. The third-order valence-corrected chi connectivity index (χ3v) is 20.4. The second-order valence-electron chi connectivity index (χ2n) is 28.4. The van der Waals surface area contributed by atoms with E-state index in [0.29, 0.717) is 25.7 Å². The lowest BCUT2D eigenvalue weighted by molar-refractivity contribution is -0.161. The fourth-order valence-corrected chi connectivity index (χ4v) is 13.7. The summed E-state index contributed by atoms with van der Waals surface area (Å²) in [5, 5.41) is 10.6. The topological polar surface area (TPSA) is 237 Å². The second-order valence-corrected chi connectivity index (χ2v) is 31.4. The van der Waals surface area contributed by atoms with Crippen LogP contribution >= 0.6 is 15.6 Å². The van der Waals surface area contributed by atoms with Crippen molar-refractivity contribution in [1.29, 1.82) is 0 Å². The standard InChI is InChI=1S/C81H154O17P2/c1-5-9-13-17-21-25-29-33-36-37-40-44-48-52-56-60-64-68-81(86)98-77(72-92-79(84)66-62-58-54-50-46-42-38-34-30-26-22-18-14-10-6-2)74-96-100(89,90)94-70-75(82)69-93-99(87,88)95-73-76(71-91-78(83)65-61-57-53-49-45-41-32-28-24-20-16-12-8-4)97-80(85)67-63-59-55-51-47-43-39-35-31-27-23-19-15-11-7-3/h22,26,34,38,75-77,82H,5-21,23-25,27-33,35-37,39-74H2,1-4H3,(H,87,88)(H,89,90)/b26-22-,38-34-/t75-,76-,77-/m1/s1. The number of hydrogen-bond acceptors (Lipinski definition) is 15. The van der Waals surface area contributed by atoms with Gasteiger partial charge in [0.05, 0.1) is 26.4 Å². The lowest BCUT2D eigenvalue weighted by atomic mass is 10.0. The van der Waals surface area contributed by atoms with Gasteiger partial charge in [-0.15, -0.1) is 0 Å². The highest BCUT2D eigenvalue weighted by molar-refractivity contribution is 7.47. The number of phosphoric acid groups is 2. The molecule has 0 aromatic carbocycles. The van der Waals surface area contributed by atoms with Crippen molar-refractivity contribution in [3.8, 4) is 0 Å². The normalized spacial score (nSPS) is 13.9. The van der Waals surface area contributed by atoms with Gasteiger partial charge in [0.25, 0.3) is 0 Å². The summed E-state index contributed by atoms with van der Waals surface area (Å²) in [5.41, 5.74) is 0. The highest BCUT2D eigenvalue weighted by atomic mass is 31.2. The third kappa shape index (κ3) is 73.8. The Bertz CT molecular complexity index is 1990. The molecule has 0 fully saturated rings. The van der Waals surface area contributed by atoms with Crippen molar-refractivity contribution < 1.29 is 80.2 Å². The number of phosphoric ester groups is 2. The van der Waals surface area contributed by atoms with Gasteiger partial charge < -0.3 is 33.8 Å². The van der Waals surface area contributed by atoms with Gasteiger partial charge in [0, 0.05) is 25.7 Å². The SMILES string of the molecule is CCCCC/C=C\C/C=C\CCCCCCCC(=O)OC[C@H](COP(=O)(O)OC[C@H](O)COP(=O)(O)OC[C@@H](COC(=O)CCCCCCCCCCCCCCC)OC(=O)CCCCCCCCCCCCCCCCC)OC(=O)CCCCCCCCCCCCCCCCCCC. The monoisotopic (exact) mass is 1460 g/mol. The number of ether oxygens (including phenoxy) is 4. The molecule has 3 N–H and O–H groups in total. The number of carbonyl (C=O) groups is 4. The number of hydrogen-bond donors (Lipinski definition) is 3. The summed E-state index contributed by atoms with van der Waals surface area (Å²) in [6, 6.07) is 0. The second kappa shape index (κ2) is 74.8. The molecule has 0 heterocycles. The molecular formula is C81H154O17P2. The molecule has 0 radical (unpaired) electrons. The van der Waals surface area contributed by atoms with Crippen LogP contribution in [-0.2, 0) is 65.4 Å². The molecule has 0 aromatic rings. The minimum atomic E-state index is -4.97. The number of carbonyl (C=O) groups excluding carboxylic acids is 4. The highest BCUT2D eigenvalue weighted by Crippen LogP contribution is 2.45. The summed E-state index contributed by atoms with van der Waals surface area (Å²) in [6.45, 7) is 4.97. The summed E-state index contributed by atoms with van der Waals surface area (Å²) in [6.07, 6.45) is 70.0. The Hall–Kier alpha value is -2.46. The molecule has 100 heavy (non-hydrogen) atoms. The Labute approximate surface area is 612 Å². The highest BCUT2D eigenvalue weighted by Gasteiger charge is 2.30. The van der Waals surface area contributed by atoms with E-state index < -0.39 is 97.5 Å². The molecule has 0 rings (SSSR count). The zero-order chi connectivity index (χ0) is 73.2. The van der Waals surface area contributed by atoms with Crippen LogP contribution < -0.4 is 0 Å². The summed E-state index contributed by atoms with van der Waals surface area (Å²) in [5.74, 6) is -2.13. The number of rotatable bonds is 80. The van der Waals surface area contributed by atoms with Crippen molar-refractivity contribution in [2.75, 3.05) is 39.6 Å². The maximum absolute atomic E-state index is 13.1. The first-order valence-corrected chi connectivity index (χ1v) is 44.6. The van der Waals surface area contributed by atoms with E-state index in [1.165, 1.54) is 218 Å². The number of esters is 4. The molecule has 17 nitrogen and oxygen atoms in total. The van der Waals surface area contributed by atoms with Crippen LogP contribution in [0.5, 0.6) is 0 Å². The molecule has 0 saturated heterocycles. The summed E-state index contributed by atoms with van der Waals surface area (Å²) in [4.78, 5) is 73.0. The van der Waals surface area contributed by atoms with Gasteiger partial charge in [-0.3, -0.25) is 37.3 Å². The van der Waals surface area contributed by atoms with E-state index in [1.807, 2.05) is 0 Å². The van der Waals surface area contributed by atoms with Gasteiger partial charge in [-0.1, -0.05) is 354 Å². The van der Waals surface area contributed by atoms with E-state index >= 15 is 0 Å². The smallest absolute Gasteiger partial charge is 0.462 e. The van der Waals surface area contributed by atoms with Crippen LogP contribution in [0.25, 0.3) is 0 Å². The van der Waals surface area contributed by atoms with Crippen LogP contribution in [0.3, 0.4) is 0 Å². The Morgan fingerprint density at radius 3 is 0.760 bits per heavy atom. The van der Waals surface area contributed by atoms with Gasteiger partial charge in [0.15, 0.2) is 12.2 Å². The van der Waals surface area contributed by atoms with Crippen LogP contribution in [0.15, 0.2) is 24.3 Å². The van der Waals surface area contributed by atoms with Crippen LogP contribution in [-0.4, -0.2) is 96.7 Å². The molecule has 0 aliphatic carbocycles. The zero-order valence-electron chi connectivity index (χ0n) is 64.7. The molecule has 19 heteroatoms. The molecule has 0 amide bonds. The largest absolute Gasteiger partial charge is 0.472 e. The lowest BCUT2D eigenvalue weighted by Crippen LogP contribution is -2.30. The predicted molar refractivity (Wildman–Crippen MR) is 409 cm³/mol. The molecule has 0 saturated carbocycles. The first kappa shape index (κ1) is 97.5. The minimum absolute atomic E-state index is 0.103. The van der Waals surface area contributed by atoms with E-state index in [1.54, 1.807) is 0 Å². The lowest BCUT2D eigenvalue weighted by Gasteiger charge is -2.21. The Balaban J connectivity index is 5.29. The predicted octanol–water partition coefficient (Wildman–Crippen LogP) is 24.1. The van der Waals surface area contributed by atoms with Crippen LogP contribution in [0.2, 0.25) is 0 Å². The summed E-state index contributed by atoms with van der Waals surface area (Å²) in [7, 11) is -9.93. The summed E-state index contributed by atoms with van der Waals surface area (Å²) >= 11 is 0. The Kier molecular flexibility index (Phi) is 73.0. The average Bonchev–Trinajstić information content (AvgIpc) is 0.933. The molecule has 5 atom stereocenters. The van der Waals surface area contributed by atoms with Crippen molar-refractivity contribution >= 4 is 39.5 Å². The van der Waals surface area contributed by atoms with Crippen molar-refractivity contribution in [1.82, 2.24) is 0 Å². The Morgan fingerprint density at radius 2 is 0.490 bits per heavy atom. The van der Waals surface area contributed by atoms with Gasteiger partial charge in [-0.25, -0.2) is 9.13 Å². The molecule has 2 unspecified atom stereocenters. The molecule has 0 spiro atoms. The first-order valence-electron chi connectivity index (χ1n) is 41.6. The van der Waals surface area contributed by atoms with E-state index in [-0.39, 0.29) is 25.7 Å². The van der Waals surface area contributed by atoms with Crippen LogP contribution in [0.4, 0.5) is 0 Å². The minimum Gasteiger partial charge on any atom is -0.462 e. The average molecular weight is 1460 g/mol. The fraction of sp³-hybridized carbons (Fsp3) is 0.901. The van der Waals surface area contributed by atoms with Crippen molar-refractivity contribution in [3.05, 3.63) is 24.3 Å². The van der Waals surface area contributed by atoms with E-state index in [2.05, 4.69) is 52.0 Å². The number of allylic oxidation sites excluding steroid dienone is 4. The van der Waals surface area contributed by atoms with Crippen molar-refractivity contribution in [2.45, 2.75) is 431 Å². The molecule has 0 aliphatic heterocycles. The third-order valence-electron chi connectivity index (χ3n) is 18.4. The number of aliphatic hydroxyl groups excluding tert-OH is 1. The number of unbranched alkanes of at least 4 members (excludes halogenated alkanes) is 50. The Morgan fingerprint density at radius 1 is 0.280 bits per heavy atom. The maximum Gasteiger partial charge on any atom is 0.472 e. The van der Waals surface area contributed by atoms with E-state index in [0.717, 1.165) is 116 Å². The summed E-state index contributed by atoms with van der Waals surface area (Å²) < 4.78 is 68.7. The number of aliphatic hydroxyl groups is 1. The van der Waals surface area contributed by atoms with Crippen molar-refractivity contribution in [3.63, 3.8) is 0 Å². The fourth-order valence-electron chi connectivity index (χ4n) is 12.1. The van der Waals surface area contributed by atoms with Gasteiger partial charge in [-0.05, 0) is 57.8 Å². The maximum atomic E-state index is 13.1. The van der Waals surface area contributed by atoms with Gasteiger partial charge >= 0.3 is 39.5 Å². The molecule has 0 bridgehead atoms. The van der Waals surface area contributed by atoms with Gasteiger partial charge in [0.2, 0.25) is 0 Å². The molecule has 590 valence electrons. The zero-order valence-corrected chi connectivity index (χ0v) is 66.5.